The van der Waals surface area contributed by atoms with Gasteiger partial charge in [0.05, 0.1) is 11.8 Å². The van der Waals surface area contributed by atoms with Gasteiger partial charge in [0.15, 0.2) is 0 Å². The zero-order valence-corrected chi connectivity index (χ0v) is 14.2. The van der Waals surface area contributed by atoms with Crippen molar-refractivity contribution in [3.8, 4) is 0 Å². The van der Waals surface area contributed by atoms with Crippen molar-refractivity contribution < 1.29 is 14.3 Å². The Hall–Kier alpha value is -2.94. The number of hydrogen-bond acceptors (Lipinski definition) is 3. The molecule has 0 amide bonds. The molecule has 1 aliphatic carbocycles. The van der Waals surface area contributed by atoms with Crippen LogP contribution in [0.15, 0.2) is 71.8 Å². The summed E-state index contributed by atoms with van der Waals surface area (Å²) in [6.07, 6.45) is 0. The fourth-order valence-corrected chi connectivity index (χ4v) is 4.01. The maximum absolute atomic E-state index is 12.3. The predicted molar refractivity (Wildman–Crippen MR) is 96.2 cm³/mol. The molecule has 0 bridgehead atoms. The Bertz CT molecular complexity index is 843. The van der Waals surface area contributed by atoms with Crippen LogP contribution in [0.5, 0.6) is 0 Å². The average molecular weight is 330 g/mol. The number of rotatable bonds is 2. The molecule has 0 aromatic heterocycles. The van der Waals surface area contributed by atoms with E-state index >= 15 is 0 Å². The summed E-state index contributed by atoms with van der Waals surface area (Å²) in [5.74, 6) is -1.91. The molecule has 1 saturated heterocycles. The fraction of sp³-hybridized carbons (Fsp3) is 0.182. The van der Waals surface area contributed by atoms with E-state index in [-0.39, 0.29) is 0 Å². The van der Waals surface area contributed by atoms with Gasteiger partial charge in [-0.25, -0.2) is 0 Å². The van der Waals surface area contributed by atoms with E-state index in [9.17, 15) is 9.59 Å². The summed E-state index contributed by atoms with van der Waals surface area (Å²) in [6.45, 7) is 3.88. The highest BCUT2D eigenvalue weighted by molar-refractivity contribution is 6.14. The van der Waals surface area contributed by atoms with E-state index in [0.29, 0.717) is 0 Å². The van der Waals surface area contributed by atoms with Crippen LogP contribution in [0, 0.1) is 11.8 Å². The Morgan fingerprint density at radius 2 is 1.00 bits per heavy atom. The minimum absolute atomic E-state index is 0.438. The summed E-state index contributed by atoms with van der Waals surface area (Å²) in [4.78, 5) is 24.6. The van der Waals surface area contributed by atoms with Crippen LogP contribution in [0.3, 0.4) is 0 Å². The zero-order valence-electron chi connectivity index (χ0n) is 14.2. The summed E-state index contributed by atoms with van der Waals surface area (Å²) in [6, 6.07) is 20.0. The summed E-state index contributed by atoms with van der Waals surface area (Å²) < 4.78 is 4.97. The number of esters is 2. The van der Waals surface area contributed by atoms with Crippen LogP contribution >= 0.6 is 0 Å². The third-order valence-electron chi connectivity index (χ3n) is 5.14. The molecule has 4 rings (SSSR count). The topological polar surface area (TPSA) is 43.4 Å². The molecule has 0 saturated carbocycles. The van der Waals surface area contributed by atoms with Crippen molar-refractivity contribution >= 4 is 23.1 Å². The molecule has 0 spiro atoms. The fourth-order valence-electron chi connectivity index (χ4n) is 4.01. The standard InChI is InChI=1S/C22H18O3/c1-13-17(15-9-5-3-6-10-15)18(16-11-7-4-8-12-16)14(2)20-19(13)21(23)25-22(20)24/h3-12,19-20H,1-2H3. The maximum atomic E-state index is 12.3. The van der Waals surface area contributed by atoms with Gasteiger partial charge in [-0.3, -0.25) is 9.59 Å². The third-order valence-corrected chi connectivity index (χ3v) is 5.14. The quantitative estimate of drug-likeness (QED) is 0.610. The van der Waals surface area contributed by atoms with E-state index in [1.165, 1.54) is 0 Å². The van der Waals surface area contributed by atoms with Crippen molar-refractivity contribution in [2.75, 3.05) is 0 Å². The number of hydrogen-bond donors (Lipinski definition) is 0. The molecule has 2 aliphatic rings. The van der Waals surface area contributed by atoms with Gasteiger partial charge in [0.25, 0.3) is 0 Å². The summed E-state index contributed by atoms with van der Waals surface area (Å²) in [5, 5.41) is 0. The molecule has 0 radical (unpaired) electrons. The van der Waals surface area contributed by atoms with E-state index in [1.807, 2.05) is 74.5 Å². The van der Waals surface area contributed by atoms with Crippen LogP contribution in [-0.2, 0) is 14.3 Å². The molecular weight excluding hydrogens is 312 g/mol. The maximum Gasteiger partial charge on any atom is 0.321 e. The Morgan fingerprint density at radius 1 is 0.640 bits per heavy atom. The highest BCUT2D eigenvalue weighted by Gasteiger charge is 2.50. The first-order chi connectivity index (χ1) is 12.1. The van der Waals surface area contributed by atoms with Crippen molar-refractivity contribution in [2.24, 2.45) is 11.8 Å². The average Bonchev–Trinajstić information content (AvgIpc) is 2.94. The van der Waals surface area contributed by atoms with Crippen LogP contribution in [0.25, 0.3) is 11.1 Å². The van der Waals surface area contributed by atoms with E-state index in [1.54, 1.807) is 0 Å². The molecule has 2 aromatic rings. The van der Waals surface area contributed by atoms with Gasteiger partial charge in [-0.05, 0) is 47.3 Å². The first kappa shape index (κ1) is 15.6. The van der Waals surface area contributed by atoms with Gasteiger partial charge < -0.3 is 4.74 Å². The minimum atomic E-state index is -0.518. The molecule has 2 aromatic carbocycles. The second-order valence-corrected chi connectivity index (χ2v) is 6.54. The van der Waals surface area contributed by atoms with E-state index in [2.05, 4.69) is 0 Å². The van der Waals surface area contributed by atoms with Gasteiger partial charge in [-0.2, -0.15) is 0 Å². The smallest absolute Gasteiger partial charge is 0.321 e. The van der Waals surface area contributed by atoms with Crippen LogP contribution in [0.1, 0.15) is 25.0 Å². The van der Waals surface area contributed by atoms with Crippen molar-refractivity contribution in [1.29, 1.82) is 0 Å². The number of cyclic esters (lactones) is 2. The lowest BCUT2D eigenvalue weighted by atomic mass is 9.70. The summed E-state index contributed by atoms with van der Waals surface area (Å²) >= 11 is 0. The first-order valence-electron chi connectivity index (χ1n) is 8.38. The molecule has 2 atom stereocenters. The lowest BCUT2D eigenvalue weighted by Crippen LogP contribution is -2.25. The number of fused-ring (bicyclic) bond motifs is 1. The second kappa shape index (κ2) is 5.85. The van der Waals surface area contributed by atoms with Gasteiger partial charge in [0.1, 0.15) is 0 Å². The summed E-state index contributed by atoms with van der Waals surface area (Å²) in [7, 11) is 0. The van der Waals surface area contributed by atoms with Gasteiger partial charge >= 0.3 is 11.9 Å². The Balaban J connectivity index is 2.02. The Labute approximate surface area is 146 Å². The first-order valence-corrected chi connectivity index (χ1v) is 8.38. The van der Waals surface area contributed by atoms with Crippen molar-refractivity contribution in [1.82, 2.24) is 0 Å². The van der Waals surface area contributed by atoms with E-state index < -0.39 is 23.8 Å². The Kier molecular flexibility index (Phi) is 3.65. The lowest BCUT2D eigenvalue weighted by molar-refractivity contribution is -0.153. The highest BCUT2D eigenvalue weighted by atomic mass is 16.6. The number of allylic oxidation sites excluding steroid dienone is 2. The van der Waals surface area contributed by atoms with Gasteiger partial charge in [-0.15, -0.1) is 0 Å². The van der Waals surface area contributed by atoms with Crippen molar-refractivity contribution in [3.63, 3.8) is 0 Å². The molecule has 1 heterocycles. The lowest BCUT2D eigenvalue weighted by Gasteiger charge is -2.30. The van der Waals surface area contributed by atoms with Gasteiger partial charge in [0.2, 0.25) is 0 Å². The van der Waals surface area contributed by atoms with E-state index in [4.69, 9.17) is 4.74 Å². The van der Waals surface area contributed by atoms with E-state index in [0.717, 1.165) is 33.4 Å². The van der Waals surface area contributed by atoms with Crippen LogP contribution < -0.4 is 0 Å². The van der Waals surface area contributed by atoms with Crippen LogP contribution in [0.4, 0.5) is 0 Å². The Morgan fingerprint density at radius 3 is 1.36 bits per heavy atom. The number of carbonyl (C=O) groups is 2. The predicted octanol–water partition coefficient (Wildman–Crippen LogP) is 4.26. The van der Waals surface area contributed by atoms with Crippen LogP contribution in [0.2, 0.25) is 0 Å². The minimum Gasteiger partial charge on any atom is -0.392 e. The van der Waals surface area contributed by atoms with Crippen LogP contribution in [-0.4, -0.2) is 11.9 Å². The SMILES string of the molecule is CC1=C(c2ccccc2)C(c2ccccc2)=C(C)C2C(=O)OC(=O)C12. The molecule has 124 valence electrons. The summed E-state index contributed by atoms with van der Waals surface area (Å²) in [5.41, 5.74) is 5.94. The second-order valence-electron chi connectivity index (χ2n) is 6.54. The highest BCUT2D eigenvalue weighted by Crippen LogP contribution is 2.49. The molecular formula is C22H18O3. The molecule has 2 unspecified atom stereocenters. The largest absolute Gasteiger partial charge is 0.392 e. The number of benzene rings is 2. The molecule has 1 fully saturated rings. The monoisotopic (exact) mass is 330 g/mol. The number of ether oxygens (including phenoxy) is 1. The normalized spacial score (nSPS) is 23.0. The molecule has 25 heavy (non-hydrogen) atoms. The van der Waals surface area contributed by atoms with Crippen molar-refractivity contribution in [2.45, 2.75) is 13.8 Å². The molecule has 3 heteroatoms. The molecule has 3 nitrogen and oxygen atoms in total. The van der Waals surface area contributed by atoms with Crippen molar-refractivity contribution in [3.05, 3.63) is 82.9 Å². The number of carbonyl (C=O) groups excluding carboxylic acids is 2. The third kappa shape index (κ3) is 2.35. The molecule has 0 N–H and O–H groups in total. The van der Waals surface area contributed by atoms with Gasteiger partial charge in [0, 0.05) is 0 Å². The molecule has 1 aliphatic heterocycles. The van der Waals surface area contributed by atoms with Gasteiger partial charge in [-0.1, -0.05) is 60.7 Å². The zero-order chi connectivity index (χ0) is 17.6.